The molecule has 3 atom stereocenters. The Labute approximate surface area is 130 Å². The minimum Gasteiger partial charge on any atom is -0.486 e. The van der Waals surface area contributed by atoms with Crippen LogP contribution >= 0.6 is 0 Å². The van der Waals surface area contributed by atoms with E-state index in [1.54, 1.807) is 0 Å². The summed E-state index contributed by atoms with van der Waals surface area (Å²) < 4.78 is 11.5. The lowest BCUT2D eigenvalue weighted by Crippen LogP contribution is -2.52. The normalized spacial score (nSPS) is 19.6. The van der Waals surface area contributed by atoms with E-state index in [1.807, 2.05) is 45.0 Å². The Morgan fingerprint density at radius 1 is 1.32 bits per heavy atom. The van der Waals surface area contributed by atoms with Crippen LogP contribution in [0.1, 0.15) is 20.8 Å². The molecule has 6 nitrogen and oxygen atoms in total. The smallest absolute Gasteiger partial charge is 0.250 e. The van der Waals surface area contributed by atoms with Gasteiger partial charge in [-0.15, -0.1) is 0 Å². The standard InChI is InChI=1S/C16H24N2O4/c1-10(2)17-8-12(19)16(20)18-11(3)15-9-21-13-6-4-5-7-14(13)22-15/h4-7,10-12,15,17,19H,8-9H2,1-3H3,(H,18,20)/t11-,12+,15+/m1/s1. The van der Waals surface area contributed by atoms with Gasteiger partial charge in [-0.05, 0) is 19.1 Å². The molecule has 2 rings (SSSR count). The van der Waals surface area contributed by atoms with Crippen LogP contribution in [0.5, 0.6) is 11.5 Å². The second-order valence-corrected chi connectivity index (χ2v) is 5.79. The van der Waals surface area contributed by atoms with Gasteiger partial charge in [0, 0.05) is 12.6 Å². The summed E-state index contributed by atoms with van der Waals surface area (Å²) in [5.74, 6) is 0.962. The monoisotopic (exact) mass is 308 g/mol. The van der Waals surface area contributed by atoms with Crippen molar-refractivity contribution >= 4 is 5.91 Å². The molecule has 1 amide bonds. The van der Waals surface area contributed by atoms with Crippen LogP contribution in [0.25, 0.3) is 0 Å². The molecular formula is C16H24N2O4. The molecule has 0 saturated carbocycles. The van der Waals surface area contributed by atoms with Gasteiger partial charge in [0.05, 0.1) is 6.04 Å². The van der Waals surface area contributed by atoms with Gasteiger partial charge in [-0.3, -0.25) is 4.79 Å². The minimum atomic E-state index is -1.08. The van der Waals surface area contributed by atoms with Crippen molar-refractivity contribution in [3.8, 4) is 11.5 Å². The van der Waals surface area contributed by atoms with Crippen molar-refractivity contribution in [1.29, 1.82) is 0 Å². The Morgan fingerprint density at radius 3 is 2.68 bits per heavy atom. The number of amides is 1. The lowest BCUT2D eigenvalue weighted by atomic mass is 10.1. The Morgan fingerprint density at radius 2 is 2.00 bits per heavy atom. The third-order valence-corrected chi connectivity index (χ3v) is 3.48. The van der Waals surface area contributed by atoms with Gasteiger partial charge in [0.2, 0.25) is 0 Å². The maximum absolute atomic E-state index is 12.0. The molecule has 1 heterocycles. The molecule has 0 fully saturated rings. The first-order valence-electron chi connectivity index (χ1n) is 7.57. The van der Waals surface area contributed by atoms with Crippen LogP contribution in [0.15, 0.2) is 24.3 Å². The number of carbonyl (C=O) groups is 1. The third kappa shape index (κ3) is 4.35. The average Bonchev–Trinajstić information content (AvgIpc) is 2.51. The number of hydrogen-bond donors (Lipinski definition) is 3. The van der Waals surface area contributed by atoms with Gasteiger partial charge in [-0.2, -0.15) is 0 Å². The van der Waals surface area contributed by atoms with Crippen molar-refractivity contribution < 1.29 is 19.4 Å². The predicted molar refractivity (Wildman–Crippen MR) is 83.1 cm³/mol. The van der Waals surface area contributed by atoms with E-state index in [0.29, 0.717) is 18.1 Å². The lowest BCUT2D eigenvalue weighted by Gasteiger charge is -2.31. The van der Waals surface area contributed by atoms with E-state index in [0.717, 1.165) is 0 Å². The highest BCUT2D eigenvalue weighted by molar-refractivity contribution is 5.81. The number of hydrogen-bond acceptors (Lipinski definition) is 5. The van der Waals surface area contributed by atoms with Gasteiger partial charge >= 0.3 is 0 Å². The summed E-state index contributed by atoms with van der Waals surface area (Å²) in [6, 6.07) is 7.37. The quantitative estimate of drug-likeness (QED) is 0.720. The molecule has 6 heteroatoms. The summed E-state index contributed by atoms with van der Waals surface area (Å²) in [4.78, 5) is 12.0. The first-order valence-corrected chi connectivity index (χ1v) is 7.57. The maximum Gasteiger partial charge on any atom is 0.250 e. The molecule has 122 valence electrons. The zero-order valence-corrected chi connectivity index (χ0v) is 13.2. The van der Waals surface area contributed by atoms with Crippen LogP contribution in [-0.2, 0) is 4.79 Å². The van der Waals surface area contributed by atoms with Crippen molar-refractivity contribution in [3.05, 3.63) is 24.3 Å². The number of rotatable bonds is 6. The molecule has 0 bridgehead atoms. The van der Waals surface area contributed by atoms with Crippen molar-refractivity contribution in [2.45, 2.75) is 45.1 Å². The Bertz CT molecular complexity index is 507. The summed E-state index contributed by atoms with van der Waals surface area (Å²) in [6.45, 7) is 6.33. The van der Waals surface area contributed by atoms with Gasteiger partial charge in [0.25, 0.3) is 5.91 Å². The molecular weight excluding hydrogens is 284 g/mol. The minimum absolute atomic E-state index is 0.214. The zero-order valence-electron chi connectivity index (χ0n) is 13.2. The SMILES string of the molecule is CC(C)NC[C@H](O)C(=O)N[C@H](C)[C@@H]1COc2ccccc2O1. The fourth-order valence-corrected chi connectivity index (χ4v) is 2.14. The Hall–Kier alpha value is -1.79. The number of aliphatic hydroxyl groups is 1. The maximum atomic E-state index is 12.0. The van der Waals surface area contributed by atoms with E-state index in [1.165, 1.54) is 0 Å². The Balaban J connectivity index is 1.85. The molecule has 0 aliphatic carbocycles. The zero-order chi connectivity index (χ0) is 16.1. The van der Waals surface area contributed by atoms with Crippen LogP contribution < -0.4 is 20.1 Å². The summed E-state index contributed by atoms with van der Waals surface area (Å²) in [6.07, 6.45) is -1.37. The predicted octanol–water partition coefficient (Wildman–Crippen LogP) is 0.690. The van der Waals surface area contributed by atoms with Gasteiger partial charge in [0.15, 0.2) is 17.6 Å². The van der Waals surface area contributed by atoms with E-state index in [4.69, 9.17) is 9.47 Å². The van der Waals surface area contributed by atoms with E-state index in [2.05, 4.69) is 10.6 Å². The molecule has 0 radical (unpaired) electrons. The summed E-state index contributed by atoms with van der Waals surface area (Å²) in [5.41, 5.74) is 0. The van der Waals surface area contributed by atoms with Crippen LogP contribution in [0.3, 0.4) is 0 Å². The van der Waals surface area contributed by atoms with Crippen LogP contribution in [0, 0.1) is 0 Å². The second kappa shape index (κ2) is 7.47. The highest BCUT2D eigenvalue weighted by Gasteiger charge is 2.28. The van der Waals surface area contributed by atoms with E-state index >= 15 is 0 Å². The lowest BCUT2D eigenvalue weighted by molar-refractivity contribution is -0.130. The van der Waals surface area contributed by atoms with E-state index in [-0.39, 0.29) is 24.7 Å². The molecule has 1 aromatic carbocycles. The Kier molecular flexibility index (Phi) is 5.63. The van der Waals surface area contributed by atoms with Crippen molar-refractivity contribution in [3.63, 3.8) is 0 Å². The molecule has 0 aromatic heterocycles. The molecule has 1 aromatic rings. The summed E-state index contributed by atoms with van der Waals surface area (Å²) >= 11 is 0. The highest BCUT2D eigenvalue weighted by atomic mass is 16.6. The molecule has 0 unspecified atom stereocenters. The average molecular weight is 308 g/mol. The largest absolute Gasteiger partial charge is 0.486 e. The van der Waals surface area contributed by atoms with Gasteiger partial charge in [-0.1, -0.05) is 26.0 Å². The first-order chi connectivity index (χ1) is 10.5. The molecule has 3 N–H and O–H groups in total. The fourth-order valence-electron chi connectivity index (χ4n) is 2.14. The van der Waals surface area contributed by atoms with E-state index in [9.17, 15) is 9.90 Å². The highest BCUT2D eigenvalue weighted by Crippen LogP contribution is 2.31. The van der Waals surface area contributed by atoms with Gasteiger partial charge in [0.1, 0.15) is 12.7 Å². The topological polar surface area (TPSA) is 79.8 Å². The number of para-hydroxylation sites is 2. The van der Waals surface area contributed by atoms with Crippen molar-refractivity contribution in [2.75, 3.05) is 13.2 Å². The number of fused-ring (bicyclic) bond motifs is 1. The fraction of sp³-hybridized carbons (Fsp3) is 0.562. The van der Waals surface area contributed by atoms with Crippen LogP contribution in [0.4, 0.5) is 0 Å². The summed E-state index contributed by atoms with van der Waals surface area (Å²) in [7, 11) is 0. The second-order valence-electron chi connectivity index (χ2n) is 5.79. The molecule has 1 aliphatic heterocycles. The van der Waals surface area contributed by atoms with Gasteiger partial charge < -0.3 is 25.2 Å². The summed E-state index contributed by atoms with van der Waals surface area (Å²) in [5, 5.41) is 15.6. The van der Waals surface area contributed by atoms with E-state index < -0.39 is 12.0 Å². The number of aliphatic hydroxyl groups excluding tert-OH is 1. The van der Waals surface area contributed by atoms with Crippen molar-refractivity contribution in [1.82, 2.24) is 10.6 Å². The van der Waals surface area contributed by atoms with Gasteiger partial charge in [-0.25, -0.2) is 0 Å². The molecule has 1 aliphatic rings. The van der Waals surface area contributed by atoms with Crippen molar-refractivity contribution in [2.24, 2.45) is 0 Å². The van der Waals surface area contributed by atoms with Crippen LogP contribution in [-0.4, -0.2) is 48.5 Å². The molecule has 22 heavy (non-hydrogen) atoms. The molecule has 0 saturated heterocycles. The molecule has 0 spiro atoms. The first kappa shape index (κ1) is 16.6. The third-order valence-electron chi connectivity index (χ3n) is 3.48. The number of ether oxygens (including phenoxy) is 2. The number of carbonyl (C=O) groups excluding carboxylic acids is 1. The number of benzene rings is 1. The number of nitrogens with one attached hydrogen (secondary N) is 2. The van der Waals surface area contributed by atoms with Crippen LogP contribution in [0.2, 0.25) is 0 Å².